The minimum absolute atomic E-state index is 0.894. The fourth-order valence-electron chi connectivity index (χ4n) is 1.02. The Labute approximate surface area is 104 Å². The van der Waals surface area contributed by atoms with E-state index >= 15 is 0 Å². The van der Waals surface area contributed by atoms with Gasteiger partial charge in [-0.1, -0.05) is 13.8 Å². The Morgan fingerprint density at radius 3 is 2.80 bits per heavy atom. The predicted molar refractivity (Wildman–Crippen MR) is 69.5 cm³/mol. The minimum Gasteiger partial charge on any atom is -0.369 e. The van der Waals surface area contributed by atoms with Gasteiger partial charge in [-0.05, 0) is 34.5 Å². The summed E-state index contributed by atoms with van der Waals surface area (Å²) in [5.74, 6) is 1.98. The standard InChI is InChI=1S/C10H16BrN3S/c1-3-5-12-9-8(11)10(14-7-13-9)15-6-4-2/h7H,3-6H2,1-2H3,(H,12,13,14). The molecule has 1 heterocycles. The van der Waals surface area contributed by atoms with Gasteiger partial charge in [0.1, 0.15) is 17.2 Å². The van der Waals surface area contributed by atoms with Crippen LogP contribution in [0.5, 0.6) is 0 Å². The van der Waals surface area contributed by atoms with Crippen LogP contribution in [0.25, 0.3) is 0 Å². The molecule has 0 atom stereocenters. The monoisotopic (exact) mass is 289 g/mol. The Kier molecular flexibility index (Phi) is 6.02. The van der Waals surface area contributed by atoms with E-state index in [0.29, 0.717) is 0 Å². The molecule has 1 N–H and O–H groups in total. The van der Waals surface area contributed by atoms with Gasteiger partial charge in [-0.3, -0.25) is 0 Å². The number of anilines is 1. The van der Waals surface area contributed by atoms with Crippen molar-refractivity contribution in [1.82, 2.24) is 9.97 Å². The molecule has 0 aliphatic rings. The lowest BCUT2D eigenvalue weighted by Crippen LogP contribution is -2.03. The predicted octanol–water partition coefficient (Wildman–Crippen LogP) is 3.56. The molecule has 0 aliphatic carbocycles. The zero-order valence-corrected chi connectivity index (χ0v) is 11.5. The van der Waals surface area contributed by atoms with Gasteiger partial charge in [0.05, 0.1) is 4.47 Å². The van der Waals surface area contributed by atoms with E-state index in [0.717, 1.165) is 40.5 Å². The third-order valence-corrected chi connectivity index (χ3v) is 3.95. The second-order valence-electron chi connectivity index (χ2n) is 3.12. The molecule has 0 aliphatic heterocycles. The molecule has 0 amide bonds. The van der Waals surface area contributed by atoms with E-state index in [1.54, 1.807) is 18.1 Å². The molecule has 84 valence electrons. The number of halogens is 1. The summed E-state index contributed by atoms with van der Waals surface area (Å²) in [5.41, 5.74) is 0. The molecule has 0 saturated carbocycles. The van der Waals surface area contributed by atoms with Crippen LogP contribution in [0.2, 0.25) is 0 Å². The van der Waals surface area contributed by atoms with Crippen molar-refractivity contribution >= 4 is 33.5 Å². The molecule has 0 bridgehead atoms. The Morgan fingerprint density at radius 1 is 1.33 bits per heavy atom. The Balaban J connectivity index is 2.71. The highest BCUT2D eigenvalue weighted by molar-refractivity contribution is 9.10. The molecule has 5 heteroatoms. The first-order valence-corrected chi connectivity index (χ1v) is 6.94. The van der Waals surface area contributed by atoms with E-state index in [1.165, 1.54) is 0 Å². The highest BCUT2D eigenvalue weighted by atomic mass is 79.9. The van der Waals surface area contributed by atoms with Gasteiger partial charge < -0.3 is 5.32 Å². The first-order chi connectivity index (χ1) is 7.29. The van der Waals surface area contributed by atoms with Crippen molar-refractivity contribution in [2.24, 2.45) is 0 Å². The molecule has 0 unspecified atom stereocenters. The summed E-state index contributed by atoms with van der Waals surface area (Å²) in [5, 5.41) is 4.29. The van der Waals surface area contributed by atoms with Crippen molar-refractivity contribution in [2.45, 2.75) is 31.7 Å². The number of rotatable bonds is 6. The van der Waals surface area contributed by atoms with E-state index in [2.05, 4.69) is 45.1 Å². The Hall–Kier alpha value is -0.290. The van der Waals surface area contributed by atoms with Gasteiger partial charge in [0.15, 0.2) is 0 Å². The van der Waals surface area contributed by atoms with Crippen molar-refractivity contribution in [3.05, 3.63) is 10.8 Å². The van der Waals surface area contributed by atoms with Gasteiger partial charge in [0.2, 0.25) is 0 Å². The summed E-state index contributed by atoms with van der Waals surface area (Å²) in [4.78, 5) is 8.45. The van der Waals surface area contributed by atoms with Crippen LogP contribution in [0.15, 0.2) is 15.8 Å². The number of nitrogens with one attached hydrogen (secondary N) is 1. The van der Waals surface area contributed by atoms with Crippen molar-refractivity contribution < 1.29 is 0 Å². The lowest BCUT2D eigenvalue weighted by atomic mass is 10.4. The fraction of sp³-hybridized carbons (Fsp3) is 0.600. The van der Waals surface area contributed by atoms with Crippen LogP contribution in [-0.2, 0) is 0 Å². The molecular formula is C10H16BrN3S. The first kappa shape index (κ1) is 12.8. The molecule has 0 aromatic carbocycles. The van der Waals surface area contributed by atoms with Crippen molar-refractivity contribution in [2.75, 3.05) is 17.6 Å². The third kappa shape index (κ3) is 3.99. The van der Waals surface area contributed by atoms with E-state index in [-0.39, 0.29) is 0 Å². The maximum absolute atomic E-state index is 4.25. The van der Waals surface area contributed by atoms with Crippen molar-refractivity contribution in [3.63, 3.8) is 0 Å². The molecule has 0 spiro atoms. The van der Waals surface area contributed by atoms with E-state index in [4.69, 9.17) is 0 Å². The fourth-order valence-corrected chi connectivity index (χ4v) is 2.45. The maximum atomic E-state index is 4.25. The normalized spacial score (nSPS) is 10.3. The molecule has 15 heavy (non-hydrogen) atoms. The van der Waals surface area contributed by atoms with Crippen LogP contribution >= 0.6 is 27.7 Å². The summed E-state index contributed by atoms with van der Waals surface area (Å²) in [7, 11) is 0. The lowest BCUT2D eigenvalue weighted by Gasteiger charge is -2.08. The topological polar surface area (TPSA) is 37.8 Å². The molecule has 0 radical (unpaired) electrons. The largest absolute Gasteiger partial charge is 0.369 e. The molecular weight excluding hydrogens is 274 g/mol. The van der Waals surface area contributed by atoms with Crippen LogP contribution < -0.4 is 5.32 Å². The van der Waals surface area contributed by atoms with Gasteiger partial charge >= 0.3 is 0 Å². The summed E-state index contributed by atoms with van der Waals surface area (Å²) in [6.45, 7) is 5.24. The Morgan fingerprint density at radius 2 is 2.13 bits per heavy atom. The smallest absolute Gasteiger partial charge is 0.144 e. The third-order valence-electron chi connectivity index (χ3n) is 1.74. The number of thioether (sulfide) groups is 1. The number of hydrogen-bond donors (Lipinski definition) is 1. The summed E-state index contributed by atoms with van der Waals surface area (Å²) in [6.07, 6.45) is 3.85. The average Bonchev–Trinajstić information content (AvgIpc) is 2.26. The van der Waals surface area contributed by atoms with E-state index in [1.807, 2.05) is 0 Å². The van der Waals surface area contributed by atoms with Gasteiger partial charge in [-0.15, -0.1) is 11.8 Å². The lowest BCUT2D eigenvalue weighted by molar-refractivity contribution is 0.945. The highest BCUT2D eigenvalue weighted by Gasteiger charge is 2.07. The van der Waals surface area contributed by atoms with Crippen LogP contribution in [0.3, 0.4) is 0 Å². The number of aromatic nitrogens is 2. The van der Waals surface area contributed by atoms with E-state index in [9.17, 15) is 0 Å². The second kappa shape index (κ2) is 7.06. The minimum atomic E-state index is 0.894. The summed E-state index contributed by atoms with van der Waals surface area (Å²) < 4.78 is 0.983. The molecule has 0 saturated heterocycles. The first-order valence-electron chi connectivity index (χ1n) is 5.16. The zero-order chi connectivity index (χ0) is 11.1. The molecule has 0 fully saturated rings. The summed E-state index contributed by atoms with van der Waals surface area (Å²) in [6, 6.07) is 0. The zero-order valence-electron chi connectivity index (χ0n) is 9.09. The van der Waals surface area contributed by atoms with Gasteiger partial charge in [-0.2, -0.15) is 0 Å². The van der Waals surface area contributed by atoms with Crippen LogP contribution in [-0.4, -0.2) is 22.3 Å². The molecule has 3 nitrogen and oxygen atoms in total. The molecule has 1 aromatic heterocycles. The van der Waals surface area contributed by atoms with Crippen LogP contribution in [0.4, 0.5) is 5.82 Å². The SMILES string of the molecule is CCCNc1ncnc(SCCC)c1Br. The van der Waals surface area contributed by atoms with Gasteiger partial charge in [-0.25, -0.2) is 9.97 Å². The quantitative estimate of drug-likeness (QED) is 0.642. The van der Waals surface area contributed by atoms with Crippen molar-refractivity contribution in [3.8, 4) is 0 Å². The number of hydrogen-bond acceptors (Lipinski definition) is 4. The summed E-state index contributed by atoms with van der Waals surface area (Å²) >= 11 is 5.29. The number of nitrogens with zero attached hydrogens (tertiary/aromatic N) is 2. The van der Waals surface area contributed by atoms with Crippen LogP contribution in [0, 0.1) is 0 Å². The maximum Gasteiger partial charge on any atom is 0.144 e. The van der Waals surface area contributed by atoms with E-state index < -0.39 is 0 Å². The molecule has 1 rings (SSSR count). The average molecular weight is 290 g/mol. The highest BCUT2D eigenvalue weighted by Crippen LogP contribution is 2.30. The van der Waals surface area contributed by atoms with Crippen LogP contribution in [0.1, 0.15) is 26.7 Å². The van der Waals surface area contributed by atoms with Gasteiger partial charge in [0, 0.05) is 6.54 Å². The van der Waals surface area contributed by atoms with Crippen molar-refractivity contribution in [1.29, 1.82) is 0 Å². The Bertz CT molecular complexity index is 280. The van der Waals surface area contributed by atoms with Gasteiger partial charge in [0.25, 0.3) is 0 Å². The second-order valence-corrected chi connectivity index (χ2v) is 4.99. The molecule has 1 aromatic rings.